The molecule has 2 rings (SSSR count). The summed E-state index contributed by atoms with van der Waals surface area (Å²) >= 11 is 0. The SMILES string of the molecule is Cc1ccc(C)c(CC(=O)N2CCCN(C(=O)CC(C)(C)C)CC2)c1. The van der Waals surface area contributed by atoms with Gasteiger partial charge >= 0.3 is 0 Å². The zero-order chi connectivity index (χ0) is 18.6. The van der Waals surface area contributed by atoms with Crippen molar-refractivity contribution in [3.8, 4) is 0 Å². The molecule has 1 saturated heterocycles. The molecule has 0 unspecified atom stereocenters. The Hall–Kier alpha value is -1.84. The van der Waals surface area contributed by atoms with Crippen LogP contribution in [0.1, 0.15) is 50.3 Å². The van der Waals surface area contributed by atoms with Crippen molar-refractivity contribution in [2.45, 2.75) is 53.9 Å². The van der Waals surface area contributed by atoms with Gasteiger partial charge in [0.25, 0.3) is 0 Å². The van der Waals surface area contributed by atoms with Gasteiger partial charge in [0.2, 0.25) is 11.8 Å². The van der Waals surface area contributed by atoms with Gasteiger partial charge in [0.1, 0.15) is 0 Å². The monoisotopic (exact) mass is 344 g/mol. The highest BCUT2D eigenvalue weighted by Gasteiger charge is 2.25. The van der Waals surface area contributed by atoms with Crippen molar-refractivity contribution < 1.29 is 9.59 Å². The largest absolute Gasteiger partial charge is 0.341 e. The van der Waals surface area contributed by atoms with Gasteiger partial charge in [-0.15, -0.1) is 0 Å². The van der Waals surface area contributed by atoms with Crippen molar-refractivity contribution in [3.63, 3.8) is 0 Å². The molecule has 0 N–H and O–H groups in total. The zero-order valence-corrected chi connectivity index (χ0v) is 16.4. The van der Waals surface area contributed by atoms with E-state index < -0.39 is 0 Å². The summed E-state index contributed by atoms with van der Waals surface area (Å²) in [7, 11) is 0. The van der Waals surface area contributed by atoms with Crippen molar-refractivity contribution in [2.75, 3.05) is 26.2 Å². The number of amides is 2. The van der Waals surface area contributed by atoms with Gasteiger partial charge in [-0.25, -0.2) is 0 Å². The highest BCUT2D eigenvalue weighted by Crippen LogP contribution is 2.20. The van der Waals surface area contributed by atoms with Crippen LogP contribution in [0.3, 0.4) is 0 Å². The molecular formula is C21H32N2O2. The summed E-state index contributed by atoms with van der Waals surface area (Å²) in [5.74, 6) is 0.371. The van der Waals surface area contributed by atoms with Gasteiger partial charge < -0.3 is 9.80 Å². The lowest BCUT2D eigenvalue weighted by atomic mass is 9.91. The van der Waals surface area contributed by atoms with Crippen LogP contribution in [0.2, 0.25) is 0 Å². The maximum Gasteiger partial charge on any atom is 0.227 e. The topological polar surface area (TPSA) is 40.6 Å². The minimum atomic E-state index is 0.00158. The molecule has 138 valence electrons. The van der Waals surface area contributed by atoms with Gasteiger partial charge in [-0.2, -0.15) is 0 Å². The van der Waals surface area contributed by atoms with E-state index >= 15 is 0 Å². The van der Waals surface area contributed by atoms with Crippen molar-refractivity contribution in [1.82, 2.24) is 9.80 Å². The number of nitrogens with zero attached hydrogens (tertiary/aromatic N) is 2. The number of carbonyl (C=O) groups excluding carboxylic acids is 2. The summed E-state index contributed by atoms with van der Waals surface area (Å²) < 4.78 is 0. The van der Waals surface area contributed by atoms with Crippen LogP contribution in [0.5, 0.6) is 0 Å². The zero-order valence-electron chi connectivity index (χ0n) is 16.4. The van der Waals surface area contributed by atoms with Crippen molar-refractivity contribution in [3.05, 3.63) is 34.9 Å². The molecule has 0 aliphatic carbocycles. The molecule has 4 nitrogen and oxygen atoms in total. The second-order valence-corrected chi connectivity index (χ2v) is 8.46. The lowest BCUT2D eigenvalue weighted by molar-refractivity contribution is -0.134. The van der Waals surface area contributed by atoms with E-state index in [4.69, 9.17) is 0 Å². The third kappa shape index (κ3) is 5.87. The second-order valence-electron chi connectivity index (χ2n) is 8.46. The number of hydrogen-bond donors (Lipinski definition) is 0. The third-order valence-electron chi connectivity index (χ3n) is 4.73. The molecule has 0 saturated carbocycles. The third-order valence-corrected chi connectivity index (χ3v) is 4.73. The van der Waals surface area contributed by atoms with E-state index in [1.54, 1.807) is 0 Å². The van der Waals surface area contributed by atoms with Crippen molar-refractivity contribution in [2.24, 2.45) is 5.41 Å². The van der Waals surface area contributed by atoms with E-state index in [0.29, 0.717) is 25.9 Å². The summed E-state index contributed by atoms with van der Waals surface area (Å²) in [6.45, 7) is 13.1. The molecule has 2 amide bonds. The number of rotatable bonds is 3. The van der Waals surface area contributed by atoms with Gasteiger partial charge in [-0.3, -0.25) is 9.59 Å². The van der Waals surface area contributed by atoms with Crippen LogP contribution in [0.15, 0.2) is 18.2 Å². The molecule has 0 aromatic heterocycles. The molecule has 1 fully saturated rings. The van der Waals surface area contributed by atoms with Crippen molar-refractivity contribution in [1.29, 1.82) is 0 Å². The maximum atomic E-state index is 12.7. The second kappa shape index (κ2) is 8.03. The first kappa shape index (κ1) is 19.5. The molecule has 0 bridgehead atoms. The summed E-state index contributed by atoms with van der Waals surface area (Å²) in [6.07, 6.45) is 1.86. The van der Waals surface area contributed by atoms with Gasteiger partial charge in [0, 0.05) is 32.6 Å². The molecule has 4 heteroatoms. The van der Waals surface area contributed by atoms with Gasteiger partial charge in [0.15, 0.2) is 0 Å². The number of aryl methyl sites for hydroxylation is 2. The maximum absolute atomic E-state index is 12.7. The summed E-state index contributed by atoms with van der Waals surface area (Å²) in [5.41, 5.74) is 3.45. The smallest absolute Gasteiger partial charge is 0.227 e. The Morgan fingerprint density at radius 2 is 1.56 bits per heavy atom. The van der Waals surface area contributed by atoms with Gasteiger partial charge in [-0.05, 0) is 36.8 Å². The fourth-order valence-corrected chi connectivity index (χ4v) is 3.25. The summed E-state index contributed by atoms with van der Waals surface area (Å²) in [5, 5.41) is 0. The van der Waals surface area contributed by atoms with E-state index in [-0.39, 0.29) is 17.2 Å². The van der Waals surface area contributed by atoms with Gasteiger partial charge in [0.05, 0.1) is 6.42 Å². The number of benzene rings is 1. The molecule has 1 aliphatic heterocycles. The molecule has 1 aliphatic rings. The Labute approximate surface area is 152 Å². The Kier molecular flexibility index (Phi) is 6.26. The predicted octanol–water partition coefficient (Wildman–Crippen LogP) is 3.34. The average Bonchev–Trinajstić information content (AvgIpc) is 2.75. The van der Waals surface area contributed by atoms with E-state index in [0.717, 1.165) is 30.6 Å². The molecule has 0 spiro atoms. The molecule has 1 aromatic rings. The lowest BCUT2D eigenvalue weighted by Gasteiger charge is -2.26. The summed E-state index contributed by atoms with van der Waals surface area (Å²) in [4.78, 5) is 29.0. The van der Waals surface area contributed by atoms with E-state index in [1.165, 1.54) is 5.56 Å². The first-order valence-corrected chi connectivity index (χ1v) is 9.27. The quantitative estimate of drug-likeness (QED) is 0.844. The molecule has 0 atom stereocenters. The fourth-order valence-electron chi connectivity index (χ4n) is 3.25. The van der Waals surface area contributed by atoms with E-state index in [1.807, 2.05) is 9.80 Å². The minimum Gasteiger partial charge on any atom is -0.341 e. The van der Waals surface area contributed by atoms with Crippen LogP contribution in [0.25, 0.3) is 0 Å². The highest BCUT2D eigenvalue weighted by atomic mass is 16.2. The fraction of sp³-hybridized carbons (Fsp3) is 0.619. The first-order chi connectivity index (χ1) is 11.7. The molecule has 0 radical (unpaired) electrons. The normalized spacial score (nSPS) is 15.9. The Balaban J connectivity index is 1.95. The van der Waals surface area contributed by atoms with Crippen LogP contribution >= 0.6 is 0 Å². The van der Waals surface area contributed by atoms with E-state index in [2.05, 4.69) is 52.8 Å². The van der Waals surface area contributed by atoms with Crippen molar-refractivity contribution >= 4 is 11.8 Å². The first-order valence-electron chi connectivity index (χ1n) is 9.27. The predicted molar refractivity (Wildman–Crippen MR) is 101 cm³/mol. The molecule has 1 heterocycles. The molecule has 25 heavy (non-hydrogen) atoms. The Morgan fingerprint density at radius 3 is 2.16 bits per heavy atom. The molecule has 1 aromatic carbocycles. The lowest BCUT2D eigenvalue weighted by Crippen LogP contribution is -2.38. The number of hydrogen-bond acceptors (Lipinski definition) is 2. The average molecular weight is 344 g/mol. The summed E-state index contributed by atoms with van der Waals surface area (Å²) in [6, 6.07) is 6.26. The van der Waals surface area contributed by atoms with E-state index in [9.17, 15) is 9.59 Å². The van der Waals surface area contributed by atoms with Crippen LogP contribution in [0.4, 0.5) is 0 Å². The van der Waals surface area contributed by atoms with Crippen LogP contribution in [-0.4, -0.2) is 47.8 Å². The molecular weight excluding hydrogens is 312 g/mol. The van der Waals surface area contributed by atoms with Crippen LogP contribution < -0.4 is 0 Å². The standard InChI is InChI=1S/C21H32N2O2/c1-16-7-8-17(2)18(13-16)14-19(24)22-9-6-10-23(12-11-22)20(25)15-21(3,4)5/h7-8,13H,6,9-12,14-15H2,1-5H3. The minimum absolute atomic E-state index is 0.00158. The number of carbonyl (C=O) groups is 2. The van der Waals surface area contributed by atoms with Crippen LogP contribution in [0, 0.1) is 19.3 Å². The Bertz CT molecular complexity index is 631. The highest BCUT2D eigenvalue weighted by molar-refractivity contribution is 5.80. The Morgan fingerprint density at radius 1 is 0.960 bits per heavy atom. The van der Waals surface area contributed by atoms with Crippen LogP contribution in [-0.2, 0) is 16.0 Å². The van der Waals surface area contributed by atoms with Gasteiger partial charge in [-0.1, -0.05) is 44.5 Å².